The summed E-state index contributed by atoms with van der Waals surface area (Å²) in [4.78, 5) is 42.2. The van der Waals surface area contributed by atoms with Gasteiger partial charge in [0.15, 0.2) is 16.9 Å². The van der Waals surface area contributed by atoms with Gasteiger partial charge in [0, 0.05) is 11.1 Å². The molecule has 0 radical (unpaired) electrons. The summed E-state index contributed by atoms with van der Waals surface area (Å²) in [5.74, 6) is -0.0498. The van der Waals surface area contributed by atoms with E-state index in [1.807, 2.05) is 6.07 Å². The number of thiol groups is 1. The van der Waals surface area contributed by atoms with E-state index in [1.54, 1.807) is 13.0 Å². The maximum Gasteiger partial charge on any atom is 0.294 e. The first-order chi connectivity index (χ1) is 21.1. The van der Waals surface area contributed by atoms with Crippen LogP contribution in [-0.4, -0.2) is 31.3 Å². The zero-order valence-corrected chi connectivity index (χ0v) is 25.5. The summed E-state index contributed by atoms with van der Waals surface area (Å²) in [7, 11) is 3.07. The fraction of sp³-hybridized carbons (Fsp3) is 0.375. The Morgan fingerprint density at radius 3 is 2.48 bits per heavy atom. The van der Waals surface area contributed by atoms with E-state index >= 15 is 0 Å². The van der Waals surface area contributed by atoms with Gasteiger partial charge < -0.3 is 24.4 Å². The summed E-state index contributed by atoms with van der Waals surface area (Å²) >= 11 is 4.93. The molecular formula is C32H33FN2O8S. The summed E-state index contributed by atoms with van der Waals surface area (Å²) in [5, 5.41) is 12.6. The molecule has 1 fully saturated rings. The van der Waals surface area contributed by atoms with Gasteiger partial charge in [-0.1, -0.05) is 12.1 Å². The predicted molar refractivity (Wildman–Crippen MR) is 163 cm³/mol. The standard InChI is InChI=1S/C32H33FN2O8S/c1-17-8-9-22-24(15-26(17)36)25(34-32(37)19-12-18(13-20(33)14-19)16-42-35(38)39)11-10-23-27(22)28(40-2)29(41-3)30(31(23)44)43-21-6-4-5-7-21/h8-9,12-15,21,25,44H,4-7,10-11,16H2,1-3H3,(H,34,37)/t25-/m0/s1. The SMILES string of the molecule is COc1c(OC2CCCC2)c(S)c2c(c1OC)-c1ccc(C)c(=O)cc1[C@@H](NC(=O)c1cc(F)cc(CO[N+](=O)[O-])c1)CC2. The average Bonchev–Trinajstić information content (AvgIpc) is 3.41. The van der Waals surface area contributed by atoms with E-state index in [4.69, 9.17) is 26.8 Å². The molecule has 1 amide bonds. The van der Waals surface area contributed by atoms with Gasteiger partial charge in [-0.05, 0) is 97.5 Å². The lowest BCUT2D eigenvalue weighted by Gasteiger charge is -2.24. The third kappa shape index (κ3) is 6.30. The highest BCUT2D eigenvalue weighted by molar-refractivity contribution is 7.80. The van der Waals surface area contributed by atoms with Crippen molar-refractivity contribution in [2.24, 2.45) is 0 Å². The molecule has 2 aliphatic rings. The van der Waals surface area contributed by atoms with Crippen LogP contribution in [0, 0.1) is 22.9 Å². The van der Waals surface area contributed by atoms with Gasteiger partial charge in [-0.2, -0.15) is 0 Å². The molecule has 0 saturated heterocycles. The highest BCUT2D eigenvalue weighted by atomic mass is 32.1. The van der Waals surface area contributed by atoms with Crippen molar-refractivity contribution >= 4 is 18.5 Å². The highest BCUT2D eigenvalue weighted by Crippen LogP contribution is 2.54. The van der Waals surface area contributed by atoms with Crippen molar-refractivity contribution in [2.75, 3.05) is 14.2 Å². The predicted octanol–water partition coefficient (Wildman–Crippen LogP) is 5.91. The van der Waals surface area contributed by atoms with Crippen molar-refractivity contribution < 1.29 is 33.3 Å². The molecule has 5 rings (SSSR count). The lowest BCUT2D eigenvalue weighted by atomic mass is 9.95. The molecule has 0 aliphatic heterocycles. The number of nitrogens with zero attached hydrogens (tertiary/aromatic N) is 1. The topological polar surface area (TPSA) is 126 Å². The molecule has 0 heterocycles. The van der Waals surface area contributed by atoms with Crippen LogP contribution in [0.5, 0.6) is 17.2 Å². The third-order valence-corrected chi connectivity index (χ3v) is 8.59. The number of carbonyl (C=O) groups excluding carboxylic acids is 1. The summed E-state index contributed by atoms with van der Waals surface area (Å²) < 4.78 is 32.6. The van der Waals surface area contributed by atoms with Crippen molar-refractivity contribution in [1.29, 1.82) is 0 Å². The molecule has 44 heavy (non-hydrogen) atoms. The third-order valence-electron chi connectivity index (χ3n) is 8.11. The van der Waals surface area contributed by atoms with E-state index in [9.17, 15) is 24.1 Å². The Balaban J connectivity index is 1.61. The number of methoxy groups -OCH3 is 2. The van der Waals surface area contributed by atoms with Gasteiger partial charge in [0.2, 0.25) is 5.75 Å². The van der Waals surface area contributed by atoms with Crippen LogP contribution in [0.25, 0.3) is 11.1 Å². The molecule has 1 atom stereocenters. The number of ether oxygens (including phenoxy) is 3. The molecule has 1 N–H and O–H groups in total. The van der Waals surface area contributed by atoms with Crippen LogP contribution in [0.3, 0.4) is 0 Å². The van der Waals surface area contributed by atoms with Crippen LogP contribution in [0.2, 0.25) is 0 Å². The Kier molecular flexibility index (Phi) is 9.28. The van der Waals surface area contributed by atoms with E-state index in [2.05, 4.69) is 10.2 Å². The van der Waals surface area contributed by atoms with Crippen LogP contribution < -0.4 is 25.0 Å². The number of amides is 1. The zero-order chi connectivity index (χ0) is 31.5. The van der Waals surface area contributed by atoms with Gasteiger partial charge in [-0.25, -0.2) is 4.39 Å². The molecule has 10 nitrogen and oxygen atoms in total. The fourth-order valence-corrected chi connectivity index (χ4v) is 6.35. The first kappa shape index (κ1) is 31.1. The number of hydrogen-bond donors (Lipinski definition) is 2. The molecule has 0 bridgehead atoms. The van der Waals surface area contributed by atoms with Gasteiger partial charge in [-0.15, -0.1) is 22.7 Å². The van der Waals surface area contributed by atoms with Crippen LogP contribution in [-0.2, 0) is 17.9 Å². The van der Waals surface area contributed by atoms with E-state index in [0.717, 1.165) is 43.4 Å². The number of nitrogens with one attached hydrogen (secondary N) is 1. The molecule has 3 aromatic rings. The quantitative estimate of drug-likeness (QED) is 0.171. The average molecular weight is 625 g/mol. The molecule has 232 valence electrons. The van der Waals surface area contributed by atoms with Crippen molar-refractivity contribution in [3.63, 3.8) is 0 Å². The molecule has 12 heteroatoms. The van der Waals surface area contributed by atoms with Gasteiger partial charge in [0.1, 0.15) is 12.4 Å². The molecule has 2 aliphatic carbocycles. The number of halogens is 1. The largest absolute Gasteiger partial charge is 0.492 e. The monoisotopic (exact) mass is 624 g/mol. The number of hydrogen-bond acceptors (Lipinski definition) is 9. The number of rotatable bonds is 9. The normalized spacial score (nSPS) is 15.9. The molecular weight excluding hydrogens is 591 g/mol. The summed E-state index contributed by atoms with van der Waals surface area (Å²) in [5.41, 5.74) is 3.04. The van der Waals surface area contributed by atoms with Crippen molar-refractivity contribution in [3.8, 4) is 28.4 Å². The van der Waals surface area contributed by atoms with E-state index < -0.39 is 29.5 Å². The van der Waals surface area contributed by atoms with Crippen LogP contribution in [0.4, 0.5) is 4.39 Å². The van der Waals surface area contributed by atoms with Crippen molar-refractivity contribution in [2.45, 2.75) is 69.1 Å². The Labute approximate surface area is 259 Å². The lowest BCUT2D eigenvalue weighted by Crippen LogP contribution is -2.29. The molecule has 1 saturated carbocycles. The van der Waals surface area contributed by atoms with Crippen LogP contribution in [0.1, 0.15) is 70.8 Å². The number of aryl methyl sites for hydroxylation is 1. The second-order valence-electron chi connectivity index (χ2n) is 10.9. The Hall–Kier alpha value is -4.32. The second-order valence-corrected chi connectivity index (χ2v) is 11.4. The van der Waals surface area contributed by atoms with Crippen molar-refractivity contribution in [1.82, 2.24) is 5.32 Å². The number of benzene rings is 2. The van der Waals surface area contributed by atoms with E-state index in [1.165, 1.54) is 26.4 Å². The fourth-order valence-electron chi connectivity index (χ4n) is 5.97. The molecule has 0 aromatic heterocycles. The van der Waals surface area contributed by atoms with Gasteiger partial charge >= 0.3 is 0 Å². The minimum atomic E-state index is -0.990. The Bertz CT molecular complexity index is 1680. The number of carbonyl (C=O) groups is 1. The Morgan fingerprint density at radius 1 is 1.07 bits per heavy atom. The highest BCUT2D eigenvalue weighted by Gasteiger charge is 2.33. The molecule has 3 aromatic carbocycles. The van der Waals surface area contributed by atoms with Crippen LogP contribution in [0.15, 0.2) is 46.1 Å². The summed E-state index contributed by atoms with van der Waals surface area (Å²) in [6, 6.07) is 7.79. The second kappa shape index (κ2) is 13.1. The van der Waals surface area contributed by atoms with Gasteiger partial charge in [0.25, 0.3) is 11.0 Å². The lowest BCUT2D eigenvalue weighted by molar-refractivity contribution is -0.763. The van der Waals surface area contributed by atoms with Gasteiger partial charge in [-0.3, -0.25) is 9.59 Å². The maximum absolute atomic E-state index is 14.4. The summed E-state index contributed by atoms with van der Waals surface area (Å²) in [6.45, 7) is 1.19. The Morgan fingerprint density at radius 2 is 1.80 bits per heavy atom. The van der Waals surface area contributed by atoms with E-state index in [0.29, 0.717) is 57.2 Å². The maximum atomic E-state index is 14.4. The summed E-state index contributed by atoms with van der Waals surface area (Å²) in [6.07, 6.45) is 4.83. The first-order valence-electron chi connectivity index (χ1n) is 14.3. The molecule has 0 unspecified atom stereocenters. The van der Waals surface area contributed by atoms with Crippen molar-refractivity contribution in [3.05, 3.63) is 90.4 Å². The minimum absolute atomic E-state index is 0.0260. The smallest absolute Gasteiger partial charge is 0.294 e. The number of fused-ring (bicyclic) bond motifs is 3. The zero-order valence-electron chi connectivity index (χ0n) is 24.6. The van der Waals surface area contributed by atoms with E-state index in [-0.39, 0.29) is 22.7 Å². The minimum Gasteiger partial charge on any atom is -0.492 e. The van der Waals surface area contributed by atoms with Crippen LogP contribution >= 0.6 is 12.6 Å². The van der Waals surface area contributed by atoms with Gasteiger partial charge in [0.05, 0.1) is 31.3 Å². The molecule has 0 spiro atoms. The first-order valence-corrected chi connectivity index (χ1v) is 14.7.